The van der Waals surface area contributed by atoms with Gasteiger partial charge in [0.05, 0.1) is 19.6 Å². The fraction of sp³-hybridized carbons (Fsp3) is 0.909. The van der Waals surface area contributed by atoms with E-state index in [-0.39, 0.29) is 36.5 Å². The van der Waals surface area contributed by atoms with E-state index < -0.39 is 5.41 Å². The van der Waals surface area contributed by atoms with Crippen LogP contribution >= 0.6 is 0 Å². The lowest BCUT2D eigenvalue weighted by Gasteiger charge is -2.35. The summed E-state index contributed by atoms with van der Waals surface area (Å²) in [6.07, 6.45) is 7.11. The Morgan fingerprint density at radius 2 is 1.57 bits per heavy atom. The summed E-state index contributed by atoms with van der Waals surface area (Å²) in [6.45, 7) is 9.56. The summed E-state index contributed by atoms with van der Waals surface area (Å²) in [5.41, 5.74) is 11.2. The lowest BCUT2D eigenvalue weighted by molar-refractivity contribution is -0.155. The molecule has 0 aromatic carbocycles. The van der Waals surface area contributed by atoms with Crippen LogP contribution in [-0.4, -0.2) is 38.2 Å². The average Bonchev–Trinajstić information content (AvgIpc) is 2.65. The van der Waals surface area contributed by atoms with E-state index >= 15 is 0 Å². The largest absolute Gasteiger partial charge is 0.465 e. The molecule has 0 radical (unpaired) electrons. The Morgan fingerprint density at radius 3 is 2.07 bits per heavy atom. The van der Waals surface area contributed by atoms with Crippen LogP contribution in [0.3, 0.4) is 0 Å². The van der Waals surface area contributed by atoms with Gasteiger partial charge in [0, 0.05) is 11.8 Å². The molecule has 0 bridgehead atoms. The van der Waals surface area contributed by atoms with Crippen molar-refractivity contribution in [2.75, 3.05) is 26.3 Å². The number of ether oxygens (including phenoxy) is 2. The summed E-state index contributed by atoms with van der Waals surface area (Å²) >= 11 is 0. The number of rotatable bonds is 12. The normalized spacial score (nSPS) is 18.0. The fourth-order valence-corrected chi connectivity index (χ4v) is 3.93. The lowest BCUT2D eigenvalue weighted by Crippen LogP contribution is -2.36. The van der Waals surface area contributed by atoms with E-state index in [1.165, 1.54) is 6.42 Å². The molecule has 0 heterocycles. The Bertz CT molecular complexity index is 485. The lowest BCUT2D eigenvalue weighted by atomic mass is 9.72. The second-order valence-corrected chi connectivity index (χ2v) is 9.86. The first kappa shape index (κ1) is 24.9. The van der Waals surface area contributed by atoms with E-state index in [9.17, 15) is 9.59 Å². The minimum atomic E-state index is -0.427. The van der Waals surface area contributed by atoms with E-state index in [2.05, 4.69) is 13.8 Å². The third-order valence-electron chi connectivity index (χ3n) is 5.71. The van der Waals surface area contributed by atoms with Gasteiger partial charge in [-0.25, -0.2) is 0 Å². The van der Waals surface area contributed by atoms with Gasteiger partial charge in [0.15, 0.2) is 0 Å². The molecule has 0 saturated heterocycles. The summed E-state index contributed by atoms with van der Waals surface area (Å²) in [4.78, 5) is 24.5. The van der Waals surface area contributed by atoms with E-state index in [1.54, 1.807) is 0 Å². The zero-order valence-corrected chi connectivity index (χ0v) is 18.4. The predicted molar refractivity (Wildman–Crippen MR) is 112 cm³/mol. The summed E-state index contributed by atoms with van der Waals surface area (Å²) < 4.78 is 11.0. The summed E-state index contributed by atoms with van der Waals surface area (Å²) in [7, 11) is 0. The smallest absolute Gasteiger partial charge is 0.306 e. The first-order valence-corrected chi connectivity index (χ1v) is 10.8. The third-order valence-corrected chi connectivity index (χ3v) is 5.71. The second kappa shape index (κ2) is 11.8. The SMILES string of the molecule is CC(C)C[C@H](CN)CC(=O)OCC(C)(C)COC(=O)CC1(CN)CCCCC1. The highest BCUT2D eigenvalue weighted by Crippen LogP contribution is 2.38. The average molecular weight is 399 g/mol. The van der Waals surface area contributed by atoms with Gasteiger partial charge >= 0.3 is 11.9 Å². The van der Waals surface area contributed by atoms with Gasteiger partial charge in [0.25, 0.3) is 0 Å². The summed E-state index contributed by atoms with van der Waals surface area (Å²) in [6, 6.07) is 0. The molecule has 1 saturated carbocycles. The van der Waals surface area contributed by atoms with Gasteiger partial charge in [0.1, 0.15) is 0 Å². The van der Waals surface area contributed by atoms with Crippen molar-refractivity contribution in [1.29, 1.82) is 0 Å². The molecule has 6 nitrogen and oxygen atoms in total. The molecule has 6 heteroatoms. The van der Waals surface area contributed by atoms with E-state index in [0.29, 0.717) is 31.8 Å². The molecule has 1 aliphatic carbocycles. The summed E-state index contributed by atoms with van der Waals surface area (Å²) in [5, 5.41) is 0. The molecule has 164 valence electrons. The quantitative estimate of drug-likeness (QED) is 0.488. The molecule has 1 rings (SSSR count). The van der Waals surface area contributed by atoms with Crippen molar-refractivity contribution in [1.82, 2.24) is 0 Å². The van der Waals surface area contributed by atoms with Crippen LogP contribution in [0.25, 0.3) is 0 Å². The van der Waals surface area contributed by atoms with Crippen LogP contribution in [-0.2, 0) is 19.1 Å². The first-order chi connectivity index (χ1) is 13.1. The van der Waals surface area contributed by atoms with Crippen LogP contribution in [0, 0.1) is 22.7 Å². The Labute approximate surface area is 171 Å². The number of nitrogens with two attached hydrogens (primary N) is 2. The van der Waals surface area contributed by atoms with Gasteiger partial charge in [-0.3, -0.25) is 9.59 Å². The van der Waals surface area contributed by atoms with Crippen molar-refractivity contribution in [2.24, 2.45) is 34.1 Å². The highest BCUT2D eigenvalue weighted by molar-refractivity contribution is 5.70. The number of hydrogen-bond donors (Lipinski definition) is 2. The van der Waals surface area contributed by atoms with Crippen molar-refractivity contribution < 1.29 is 19.1 Å². The van der Waals surface area contributed by atoms with Gasteiger partial charge in [0.2, 0.25) is 0 Å². The maximum absolute atomic E-state index is 12.3. The van der Waals surface area contributed by atoms with Crippen LogP contribution in [0.5, 0.6) is 0 Å². The zero-order valence-electron chi connectivity index (χ0n) is 18.4. The standard InChI is InChI=1S/C22H42N2O4/c1-17(2)10-18(13-23)11-19(25)27-15-21(3,4)16-28-20(26)12-22(14-24)8-6-5-7-9-22/h17-18H,5-16,23-24H2,1-4H3/t18-/m0/s1. The molecular weight excluding hydrogens is 356 g/mol. The fourth-order valence-electron chi connectivity index (χ4n) is 3.93. The zero-order chi connectivity index (χ0) is 21.2. The highest BCUT2D eigenvalue weighted by atomic mass is 16.5. The third kappa shape index (κ3) is 9.37. The Kier molecular flexibility index (Phi) is 10.5. The monoisotopic (exact) mass is 398 g/mol. The van der Waals surface area contributed by atoms with Crippen molar-refractivity contribution in [3.63, 3.8) is 0 Å². The van der Waals surface area contributed by atoms with Crippen LogP contribution in [0.2, 0.25) is 0 Å². The van der Waals surface area contributed by atoms with Gasteiger partial charge in [-0.15, -0.1) is 0 Å². The van der Waals surface area contributed by atoms with Crippen LogP contribution in [0.4, 0.5) is 0 Å². The van der Waals surface area contributed by atoms with Crippen molar-refractivity contribution >= 4 is 11.9 Å². The molecule has 0 unspecified atom stereocenters. The Hall–Kier alpha value is -1.14. The van der Waals surface area contributed by atoms with Gasteiger partial charge in [-0.1, -0.05) is 47.0 Å². The maximum Gasteiger partial charge on any atom is 0.306 e. The topological polar surface area (TPSA) is 105 Å². The van der Waals surface area contributed by atoms with E-state index in [4.69, 9.17) is 20.9 Å². The molecule has 1 aliphatic rings. The molecule has 0 aromatic rings. The predicted octanol–water partition coefficient (Wildman–Crippen LogP) is 3.41. The number of esters is 2. The summed E-state index contributed by atoms with van der Waals surface area (Å²) in [5.74, 6) is 0.209. The molecule has 0 amide bonds. The van der Waals surface area contributed by atoms with E-state index in [1.807, 2.05) is 13.8 Å². The molecule has 1 fully saturated rings. The minimum Gasteiger partial charge on any atom is -0.465 e. The number of hydrogen-bond acceptors (Lipinski definition) is 6. The van der Waals surface area contributed by atoms with Crippen molar-refractivity contribution in [3.8, 4) is 0 Å². The Morgan fingerprint density at radius 1 is 1.00 bits per heavy atom. The molecule has 0 aromatic heterocycles. The van der Waals surface area contributed by atoms with Crippen molar-refractivity contribution in [2.45, 2.75) is 79.1 Å². The molecule has 0 aliphatic heterocycles. The number of carbonyl (C=O) groups is 2. The molecular formula is C22H42N2O4. The van der Waals surface area contributed by atoms with E-state index in [0.717, 1.165) is 32.1 Å². The molecule has 0 spiro atoms. The second-order valence-electron chi connectivity index (χ2n) is 9.86. The Balaban J connectivity index is 2.38. The van der Waals surface area contributed by atoms with Crippen LogP contribution < -0.4 is 11.5 Å². The molecule has 28 heavy (non-hydrogen) atoms. The molecule has 4 N–H and O–H groups in total. The van der Waals surface area contributed by atoms with Gasteiger partial charge in [-0.2, -0.15) is 0 Å². The van der Waals surface area contributed by atoms with Crippen molar-refractivity contribution in [3.05, 3.63) is 0 Å². The van der Waals surface area contributed by atoms with Crippen LogP contribution in [0.15, 0.2) is 0 Å². The van der Waals surface area contributed by atoms with Crippen LogP contribution in [0.1, 0.15) is 79.1 Å². The number of carbonyl (C=O) groups excluding carboxylic acids is 2. The first-order valence-electron chi connectivity index (χ1n) is 10.8. The minimum absolute atomic E-state index is 0.0976. The van der Waals surface area contributed by atoms with Gasteiger partial charge in [-0.05, 0) is 49.6 Å². The van der Waals surface area contributed by atoms with Gasteiger partial charge < -0.3 is 20.9 Å². The highest BCUT2D eigenvalue weighted by Gasteiger charge is 2.34. The maximum atomic E-state index is 12.3. The molecule has 1 atom stereocenters.